The summed E-state index contributed by atoms with van der Waals surface area (Å²) in [5.41, 5.74) is -1.97. The molecule has 1 aromatic carbocycles. The molecule has 0 aliphatic carbocycles. The minimum absolute atomic E-state index is 0.154. The molecule has 2 aromatic rings. The lowest BCUT2D eigenvalue weighted by Crippen LogP contribution is -2.37. The summed E-state index contributed by atoms with van der Waals surface area (Å²) in [7, 11) is 3.51. The van der Waals surface area contributed by atoms with Crippen molar-refractivity contribution in [1.82, 2.24) is 19.7 Å². The van der Waals surface area contributed by atoms with Gasteiger partial charge in [-0.3, -0.25) is 9.58 Å². The Bertz CT molecular complexity index is 667. The van der Waals surface area contributed by atoms with Crippen molar-refractivity contribution in [3.05, 3.63) is 47.5 Å². The fraction of sp³-hybridized carbons (Fsp3) is 0.467. The predicted octanol–water partition coefficient (Wildman–Crippen LogP) is 2.17. The molecular formula is C15H19F3N4O. The highest BCUT2D eigenvalue weighted by Crippen LogP contribution is 2.32. The summed E-state index contributed by atoms with van der Waals surface area (Å²) in [4.78, 5) is 5.87. The van der Waals surface area contributed by atoms with Crippen LogP contribution < -0.4 is 0 Å². The minimum Gasteiger partial charge on any atom is -0.384 e. The van der Waals surface area contributed by atoms with Gasteiger partial charge in [-0.05, 0) is 31.7 Å². The lowest BCUT2D eigenvalue weighted by Gasteiger charge is -2.29. The zero-order valence-corrected chi connectivity index (χ0v) is 13.2. The van der Waals surface area contributed by atoms with Crippen LogP contribution in [0.5, 0.6) is 0 Å². The number of alkyl halides is 3. The fourth-order valence-corrected chi connectivity index (χ4v) is 2.41. The molecule has 8 heteroatoms. The van der Waals surface area contributed by atoms with Crippen molar-refractivity contribution in [3.8, 4) is 0 Å². The normalized spacial score (nSPS) is 15.0. The molecule has 0 bridgehead atoms. The maximum Gasteiger partial charge on any atom is 0.416 e. The number of aromatic nitrogens is 3. The maximum atomic E-state index is 12.8. The molecule has 1 heterocycles. The number of rotatable bonds is 5. The second-order valence-electron chi connectivity index (χ2n) is 5.82. The van der Waals surface area contributed by atoms with Gasteiger partial charge in [-0.15, -0.1) is 0 Å². The third-order valence-electron chi connectivity index (χ3n) is 3.61. The summed E-state index contributed by atoms with van der Waals surface area (Å²) < 4.78 is 40.0. The first kappa shape index (κ1) is 17.4. The van der Waals surface area contributed by atoms with E-state index < -0.39 is 17.3 Å². The zero-order chi connectivity index (χ0) is 17.3. The molecule has 0 amide bonds. The number of nitrogens with zero attached hydrogens (tertiary/aromatic N) is 4. The van der Waals surface area contributed by atoms with Gasteiger partial charge in [0.15, 0.2) is 0 Å². The number of hydrogen-bond donors (Lipinski definition) is 1. The van der Waals surface area contributed by atoms with Gasteiger partial charge in [-0.1, -0.05) is 12.1 Å². The molecule has 0 aliphatic rings. The molecule has 1 atom stereocenters. The molecule has 5 nitrogen and oxygen atoms in total. The van der Waals surface area contributed by atoms with E-state index in [1.165, 1.54) is 25.4 Å². The van der Waals surface area contributed by atoms with E-state index in [9.17, 15) is 18.3 Å². The van der Waals surface area contributed by atoms with E-state index >= 15 is 0 Å². The molecule has 23 heavy (non-hydrogen) atoms. The first-order chi connectivity index (χ1) is 10.6. The number of aliphatic hydroxyl groups is 1. The lowest BCUT2D eigenvalue weighted by molar-refractivity contribution is -0.137. The van der Waals surface area contributed by atoms with Crippen molar-refractivity contribution in [2.24, 2.45) is 7.05 Å². The molecule has 126 valence electrons. The van der Waals surface area contributed by atoms with Crippen molar-refractivity contribution in [3.63, 3.8) is 0 Å². The highest BCUT2D eigenvalue weighted by Gasteiger charge is 2.33. The second-order valence-corrected chi connectivity index (χ2v) is 5.82. The van der Waals surface area contributed by atoms with E-state index in [1.54, 1.807) is 23.7 Å². The topological polar surface area (TPSA) is 54.2 Å². The van der Waals surface area contributed by atoms with Crippen LogP contribution >= 0.6 is 0 Å². The molecular weight excluding hydrogens is 309 g/mol. The molecule has 1 unspecified atom stereocenters. The van der Waals surface area contributed by atoms with Gasteiger partial charge in [0.2, 0.25) is 0 Å². The third-order valence-corrected chi connectivity index (χ3v) is 3.61. The number of hydrogen-bond acceptors (Lipinski definition) is 4. The van der Waals surface area contributed by atoms with E-state index in [4.69, 9.17) is 0 Å². The Balaban J connectivity index is 2.13. The van der Waals surface area contributed by atoms with Gasteiger partial charge in [-0.25, -0.2) is 4.98 Å². The van der Waals surface area contributed by atoms with Crippen molar-refractivity contribution in [2.75, 3.05) is 13.6 Å². The van der Waals surface area contributed by atoms with E-state index in [-0.39, 0.29) is 12.1 Å². The summed E-state index contributed by atoms with van der Waals surface area (Å²) in [6, 6.07) is 4.76. The fourth-order valence-electron chi connectivity index (χ4n) is 2.41. The van der Waals surface area contributed by atoms with E-state index in [0.717, 1.165) is 12.1 Å². The van der Waals surface area contributed by atoms with Gasteiger partial charge < -0.3 is 5.11 Å². The molecule has 0 saturated heterocycles. The Morgan fingerprint density at radius 2 is 1.91 bits per heavy atom. The van der Waals surface area contributed by atoms with Crippen molar-refractivity contribution < 1.29 is 18.3 Å². The van der Waals surface area contributed by atoms with Crippen molar-refractivity contribution in [2.45, 2.75) is 25.2 Å². The van der Waals surface area contributed by atoms with Crippen LogP contribution in [0.25, 0.3) is 0 Å². The smallest absolute Gasteiger partial charge is 0.384 e. The summed E-state index contributed by atoms with van der Waals surface area (Å²) in [5, 5.41) is 14.5. The van der Waals surface area contributed by atoms with Gasteiger partial charge in [0.25, 0.3) is 0 Å². The monoisotopic (exact) mass is 328 g/mol. The zero-order valence-electron chi connectivity index (χ0n) is 13.2. The van der Waals surface area contributed by atoms with Crippen LogP contribution in [-0.2, 0) is 25.4 Å². The average molecular weight is 328 g/mol. The van der Waals surface area contributed by atoms with Gasteiger partial charge in [0.1, 0.15) is 12.2 Å². The largest absolute Gasteiger partial charge is 0.416 e. The number of benzene rings is 1. The molecule has 1 N–H and O–H groups in total. The van der Waals surface area contributed by atoms with Gasteiger partial charge in [0.05, 0.1) is 17.7 Å². The van der Waals surface area contributed by atoms with E-state index in [2.05, 4.69) is 10.1 Å². The second kappa shape index (κ2) is 6.29. The van der Waals surface area contributed by atoms with Gasteiger partial charge in [0, 0.05) is 13.6 Å². The summed E-state index contributed by atoms with van der Waals surface area (Å²) in [5.74, 6) is 0.701. The summed E-state index contributed by atoms with van der Waals surface area (Å²) in [6.45, 7) is 2.07. The molecule has 2 rings (SSSR count). The third kappa shape index (κ3) is 4.29. The van der Waals surface area contributed by atoms with Crippen LogP contribution in [0.2, 0.25) is 0 Å². The van der Waals surface area contributed by atoms with Crippen LogP contribution in [0.15, 0.2) is 30.6 Å². The molecule has 0 aliphatic heterocycles. The van der Waals surface area contributed by atoms with Crippen LogP contribution in [0.3, 0.4) is 0 Å². The van der Waals surface area contributed by atoms with Crippen LogP contribution in [0.1, 0.15) is 23.9 Å². The Hall–Kier alpha value is -1.93. The molecule has 0 spiro atoms. The van der Waals surface area contributed by atoms with Crippen LogP contribution in [0, 0.1) is 0 Å². The molecule has 0 radical (unpaired) electrons. The standard InChI is InChI=1S/C15H19F3N4O/c1-14(23,9-21(2)8-13-19-10-20-22(13)3)11-5-4-6-12(7-11)15(16,17)18/h4-7,10,23H,8-9H2,1-3H3. The Morgan fingerprint density at radius 1 is 1.26 bits per heavy atom. The Labute approximate surface area is 132 Å². The Morgan fingerprint density at radius 3 is 2.48 bits per heavy atom. The highest BCUT2D eigenvalue weighted by molar-refractivity contribution is 5.29. The number of likely N-dealkylation sites (N-methyl/N-ethyl adjacent to an activating group) is 1. The van der Waals surface area contributed by atoms with Gasteiger partial charge >= 0.3 is 6.18 Å². The number of halogens is 3. The molecule has 1 aromatic heterocycles. The average Bonchev–Trinajstić information content (AvgIpc) is 2.83. The quantitative estimate of drug-likeness (QED) is 0.914. The van der Waals surface area contributed by atoms with Crippen molar-refractivity contribution >= 4 is 0 Å². The first-order valence-electron chi connectivity index (χ1n) is 7.01. The summed E-state index contributed by atoms with van der Waals surface area (Å²) >= 11 is 0. The first-order valence-corrected chi connectivity index (χ1v) is 7.01. The highest BCUT2D eigenvalue weighted by atomic mass is 19.4. The van der Waals surface area contributed by atoms with Crippen LogP contribution in [-0.4, -0.2) is 38.4 Å². The van der Waals surface area contributed by atoms with E-state index in [0.29, 0.717) is 12.4 Å². The lowest BCUT2D eigenvalue weighted by atomic mass is 9.93. The van der Waals surface area contributed by atoms with Crippen molar-refractivity contribution in [1.29, 1.82) is 0 Å². The van der Waals surface area contributed by atoms with Crippen LogP contribution in [0.4, 0.5) is 13.2 Å². The minimum atomic E-state index is -4.43. The maximum absolute atomic E-state index is 12.8. The van der Waals surface area contributed by atoms with Gasteiger partial charge in [-0.2, -0.15) is 18.3 Å². The number of aryl methyl sites for hydroxylation is 1. The SMILES string of the molecule is CN(Cc1ncnn1C)CC(C)(O)c1cccc(C(F)(F)F)c1. The Kier molecular flexibility index (Phi) is 4.76. The predicted molar refractivity (Wildman–Crippen MR) is 78.4 cm³/mol. The van der Waals surface area contributed by atoms with E-state index in [1.807, 2.05) is 0 Å². The molecule has 0 fully saturated rings. The summed E-state index contributed by atoms with van der Waals surface area (Å²) in [6.07, 6.45) is -3.01. The molecule has 0 saturated carbocycles.